The van der Waals surface area contributed by atoms with Gasteiger partial charge in [-0.05, 0) is 43.4 Å². The standard InChI is InChI=1S/C18H17N5O3S2/c19-16-15-12-3-1-2-4-13(12)28-17(15)22-18(21-16)27-9-14(24)20-10-5-7-11(8-6-10)23(25)26/h5-8H,1-4,9H2,(H,20,24)(H2,19,21,22). The minimum atomic E-state index is -0.484. The van der Waals surface area contributed by atoms with E-state index in [2.05, 4.69) is 15.3 Å². The number of nitro groups is 1. The van der Waals surface area contributed by atoms with Gasteiger partial charge in [0, 0.05) is 22.7 Å². The molecule has 1 aliphatic rings. The number of hydrogen-bond acceptors (Lipinski definition) is 8. The smallest absolute Gasteiger partial charge is 0.269 e. The van der Waals surface area contributed by atoms with Crippen molar-refractivity contribution in [2.75, 3.05) is 16.8 Å². The van der Waals surface area contributed by atoms with Gasteiger partial charge in [0.25, 0.3) is 5.69 Å². The minimum absolute atomic E-state index is 0.0248. The molecule has 4 rings (SSSR count). The van der Waals surface area contributed by atoms with Gasteiger partial charge in [0.1, 0.15) is 10.6 Å². The van der Waals surface area contributed by atoms with E-state index in [1.54, 1.807) is 11.3 Å². The van der Waals surface area contributed by atoms with E-state index in [0.717, 1.165) is 29.5 Å². The fraction of sp³-hybridized carbons (Fsp3) is 0.278. The molecule has 1 aliphatic carbocycles. The van der Waals surface area contributed by atoms with Crippen LogP contribution < -0.4 is 11.1 Å². The summed E-state index contributed by atoms with van der Waals surface area (Å²) in [6.45, 7) is 0. The van der Waals surface area contributed by atoms with Gasteiger partial charge in [-0.1, -0.05) is 11.8 Å². The number of anilines is 2. The highest BCUT2D eigenvalue weighted by atomic mass is 32.2. The number of hydrogen-bond donors (Lipinski definition) is 2. The summed E-state index contributed by atoms with van der Waals surface area (Å²) in [5, 5.41) is 14.8. The first-order valence-corrected chi connectivity index (χ1v) is 10.6. The Morgan fingerprint density at radius 3 is 2.75 bits per heavy atom. The molecule has 0 saturated carbocycles. The average molecular weight is 416 g/mol. The number of nitrogen functional groups attached to an aromatic ring is 1. The van der Waals surface area contributed by atoms with Gasteiger partial charge in [0.2, 0.25) is 5.91 Å². The molecule has 0 saturated heterocycles. The predicted octanol–water partition coefficient (Wildman–Crippen LogP) is 3.79. The molecule has 0 atom stereocenters. The first-order chi connectivity index (χ1) is 13.5. The highest BCUT2D eigenvalue weighted by Gasteiger charge is 2.20. The van der Waals surface area contributed by atoms with E-state index in [0.29, 0.717) is 16.7 Å². The molecule has 28 heavy (non-hydrogen) atoms. The van der Waals surface area contributed by atoms with E-state index < -0.39 is 4.92 Å². The van der Waals surface area contributed by atoms with Crippen LogP contribution in [0.5, 0.6) is 0 Å². The average Bonchev–Trinajstić information content (AvgIpc) is 3.05. The predicted molar refractivity (Wildman–Crippen MR) is 111 cm³/mol. The highest BCUT2D eigenvalue weighted by molar-refractivity contribution is 7.99. The second-order valence-electron chi connectivity index (χ2n) is 6.42. The topological polar surface area (TPSA) is 124 Å². The monoisotopic (exact) mass is 415 g/mol. The van der Waals surface area contributed by atoms with Crippen molar-refractivity contribution < 1.29 is 9.72 Å². The van der Waals surface area contributed by atoms with Crippen molar-refractivity contribution in [1.82, 2.24) is 9.97 Å². The number of carbonyl (C=O) groups is 1. The summed E-state index contributed by atoms with van der Waals surface area (Å²) in [5.74, 6) is 0.349. The molecule has 0 bridgehead atoms. The lowest BCUT2D eigenvalue weighted by molar-refractivity contribution is -0.384. The molecule has 3 aromatic rings. The van der Waals surface area contributed by atoms with Gasteiger partial charge in [-0.15, -0.1) is 11.3 Å². The fourth-order valence-electron chi connectivity index (χ4n) is 3.22. The number of carbonyl (C=O) groups excluding carboxylic acids is 1. The van der Waals surface area contributed by atoms with Crippen molar-refractivity contribution in [3.63, 3.8) is 0 Å². The Morgan fingerprint density at radius 2 is 2.00 bits per heavy atom. The molecule has 0 fully saturated rings. The van der Waals surface area contributed by atoms with E-state index in [9.17, 15) is 14.9 Å². The van der Waals surface area contributed by atoms with E-state index in [4.69, 9.17) is 5.73 Å². The van der Waals surface area contributed by atoms with E-state index in [1.807, 2.05) is 0 Å². The molecule has 144 valence electrons. The van der Waals surface area contributed by atoms with Crippen molar-refractivity contribution in [3.05, 3.63) is 44.8 Å². The largest absolute Gasteiger partial charge is 0.383 e. The summed E-state index contributed by atoms with van der Waals surface area (Å²) >= 11 is 2.88. The number of fused-ring (bicyclic) bond motifs is 3. The Kier molecular flexibility index (Phi) is 5.14. The zero-order chi connectivity index (χ0) is 19.7. The first kappa shape index (κ1) is 18.6. The van der Waals surface area contributed by atoms with Gasteiger partial charge in [0.15, 0.2) is 5.16 Å². The number of amides is 1. The second kappa shape index (κ2) is 7.72. The van der Waals surface area contributed by atoms with Crippen LogP contribution in [0, 0.1) is 10.1 Å². The van der Waals surface area contributed by atoms with Gasteiger partial charge < -0.3 is 11.1 Å². The quantitative estimate of drug-likeness (QED) is 0.281. The van der Waals surface area contributed by atoms with Crippen LogP contribution in [0.1, 0.15) is 23.3 Å². The van der Waals surface area contributed by atoms with Crippen LogP contribution in [0.25, 0.3) is 10.2 Å². The first-order valence-electron chi connectivity index (χ1n) is 8.76. The molecule has 0 spiro atoms. The van der Waals surface area contributed by atoms with Crippen LogP contribution in [-0.4, -0.2) is 26.6 Å². The Hall–Kier alpha value is -2.72. The number of rotatable bonds is 5. The molecule has 3 N–H and O–H groups in total. The summed E-state index contributed by atoms with van der Waals surface area (Å²) < 4.78 is 0. The second-order valence-corrected chi connectivity index (χ2v) is 8.45. The zero-order valence-electron chi connectivity index (χ0n) is 14.8. The third-order valence-corrected chi connectivity index (χ3v) is 6.55. The maximum Gasteiger partial charge on any atom is 0.269 e. The van der Waals surface area contributed by atoms with Crippen molar-refractivity contribution >= 4 is 56.4 Å². The van der Waals surface area contributed by atoms with Crippen LogP contribution in [0.3, 0.4) is 0 Å². The number of aryl methyl sites for hydroxylation is 2. The summed E-state index contributed by atoms with van der Waals surface area (Å²) in [4.78, 5) is 33.5. The Balaban J connectivity index is 1.43. The number of nitro benzene ring substituents is 1. The summed E-state index contributed by atoms with van der Waals surface area (Å²) in [7, 11) is 0. The Bertz CT molecular complexity index is 1070. The maximum atomic E-state index is 12.2. The third-order valence-electron chi connectivity index (χ3n) is 4.52. The van der Waals surface area contributed by atoms with Crippen LogP contribution in [0.2, 0.25) is 0 Å². The van der Waals surface area contributed by atoms with Crippen LogP contribution in [0.4, 0.5) is 17.2 Å². The number of nitrogens with one attached hydrogen (secondary N) is 1. The van der Waals surface area contributed by atoms with Crippen molar-refractivity contribution in [2.45, 2.75) is 30.8 Å². The molecule has 0 aliphatic heterocycles. The van der Waals surface area contributed by atoms with Gasteiger partial charge in [-0.25, -0.2) is 9.97 Å². The number of thiophene rings is 1. The molecule has 2 aromatic heterocycles. The zero-order valence-corrected chi connectivity index (χ0v) is 16.4. The van der Waals surface area contributed by atoms with Crippen LogP contribution in [-0.2, 0) is 17.6 Å². The van der Waals surface area contributed by atoms with Gasteiger partial charge in [-0.2, -0.15) is 0 Å². The summed E-state index contributed by atoms with van der Waals surface area (Å²) in [5.41, 5.74) is 7.94. The number of thioether (sulfide) groups is 1. The number of non-ortho nitro benzene ring substituents is 1. The highest BCUT2D eigenvalue weighted by Crippen LogP contribution is 2.38. The Labute approximate surface area is 168 Å². The lowest BCUT2D eigenvalue weighted by atomic mass is 9.97. The molecule has 2 heterocycles. The van der Waals surface area contributed by atoms with Gasteiger partial charge in [-0.3, -0.25) is 14.9 Å². The van der Waals surface area contributed by atoms with E-state index >= 15 is 0 Å². The van der Waals surface area contributed by atoms with Crippen molar-refractivity contribution in [3.8, 4) is 0 Å². The van der Waals surface area contributed by atoms with Gasteiger partial charge >= 0.3 is 0 Å². The lowest BCUT2D eigenvalue weighted by Crippen LogP contribution is -2.14. The minimum Gasteiger partial charge on any atom is -0.383 e. The van der Waals surface area contributed by atoms with Crippen LogP contribution >= 0.6 is 23.1 Å². The lowest BCUT2D eigenvalue weighted by Gasteiger charge is -2.10. The number of benzene rings is 1. The third kappa shape index (κ3) is 3.78. The van der Waals surface area contributed by atoms with Crippen molar-refractivity contribution in [1.29, 1.82) is 0 Å². The van der Waals surface area contributed by atoms with E-state index in [-0.39, 0.29) is 17.3 Å². The molecule has 8 nitrogen and oxygen atoms in total. The summed E-state index contributed by atoms with van der Waals surface area (Å²) in [6.07, 6.45) is 4.44. The maximum absolute atomic E-state index is 12.2. The number of aromatic nitrogens is 2. The fourth-order valence-corrected chi connectivity index (χ4v) is 5.20. The normalized spacial score (nSPS) is 13.3. The molecule has 0 unspecified atom stereocenters. The number of nitrogens with two attached hydrogens (primary N) is 1. The van der Waals surface area contributed by atoms with Crippen LogP contribution in [0.15, 0.2) is 29.4 Å². The van der Waals surface area contributed by atoms with Crippen molar-refractivity contribution in [2.24, 2.45) is 0 Å². The number of nitrogens with zero attached hydrogens (tertiary/aromatic N) is 3. The molecule has 0 radical (unpaired) electrons. The molecular formula is C18H17N5O3S2. The molecule has 1 aromatic carbocycles. The van der Waals surface area contributed by atoms with E-state index in [1.165, 1.54) is 52.9 Å². The Morgan fingerprint density at radius 1 is 1.25 bits per heavy atom. The molecule has 1 amide bonds. The van der Waals surface area contributed by atoms with Gasteiger partial charge in [0.05, 0.1) is 16.1 Å². The molecule has 10 heteroatoms. The SMILES string of the molecule is Nc1nc(SCC(=O)Nc2ccc([N+](=O)[O-])cc2)nc2sc3c(c12)CCCC3. The molecular weight excluding hydrogens is 398 g/mol. The summed E-state index contributed by atoms with van der Waals surface area (Å²) in [6, 6.07) is 5.69.